The number of rotatable bonds is 3. The second kappa shape index (κ2) is 5.09. The van der Waals surface area contributed by atoms with E-state index in [9.17, 15) is 18.3 Å². The fourth-order valence-electron chi connectivity index (χ4n) is 2.07. The lowest BCUT2D eigenvalue weighted by Crippen LogP contribution is -2.22. The summed E-state index contributed by atoms with van der Waals surface area (Å²) in [6.45, 7) is 0.501. The topological polar surface area (TPSA) is 58.0 Å². The van der Waals surface area contributed by atoms with Gasteiger partial charge in [-0.15, -0.1) is 10.2 Å². The van der Waals surface area contributed by atoms with Gasteiger partial charge >= 0.3 is 6.18 Å². The number of hydrogen-bond acceptors (Lipinski definition) is 4. The van der Waals surface area contributed by atoms with E-state index in [0.29, 0.717) is 12.4 Å². The molecule has 0 radical (unpaired) electrons. The lowest BCUT2D eigenvalue weighted by Gasteiger charge is -2.15. The first kappa shape index (κ1) is 13.1. The van der Waals surface area contributed by atoms with Crippen molar-refractivity contribution in [3.63, 3.8) is 0 Å². The molecule has 0 spiro atoms. The molecule has 1 heterocycles. The van der Waals surface area contributed by atoms with Crippen LogP contribution in [0.3, 0.4) is 0 Å². The fourth-order valence-corrected chi connectivity index (χ4v) is 2.07. The monoisotopic (exact) mass is 261 g/mol. The maximum absolute atomic E-state index is 12.2. The molecule has 1 aliphatic carbocycles. The molecule has 1 aromatic rings. The Morgan fingerprint density at radius 1 is 1.28 bits per heavy atom. The molecule has 1 aliphatic rings. The van der Waals surface area contributed by atoms with E-state index in [1.165, 1.54) is 6.07 Å². The van der Waals surface area contributed by atoms with E-state index >= 15 is 0 Å². The zero-order valence-electron chi connectivity index (χ0n) is 9.61. The molecule has 2 rings (SSSR count). The summed E-state index contributed by atoms with van der Waals surface area (Å²) in [6, 6.07) is 2.14. The van der Waals surface area contributed by atoms with Gasteiger partial charge in [-0.3, -0.25) is 0 Å². The van der Waals surface area contributed by atoms with Crippen LogP contribution >= 0.6 is 0 Å². The van der Waals surface area contributed by atoms with Crippen molar-refractivity contribution in [1.82, 2.24) is 10.2 Å². The van der Waals surface area contributed by atoms with E-state index in [-0.39, 0.29) is 12.0 Å². The van der Waals surface area contributed by atoms with Gasteiger partial charge in [0, 0.05) is 12.5 Å². The summed E-state index contributed by atoms with van der Waals surface area (Å²) in [5.41, 5.74) is -1.01. The quantitative estimate of drug-likeness (QED) is 0.874. The Bertz CT molecular complexity index is 394. The van der Waals surface area contributed by atoms with Gasteiger partial charge in [0.15, 0.2) is 5.69 Å². The van der Waals surface area contributed by atoms with Gasteiger partial charge in [0.05, 0.1) is 6.10 Å². The van der Waals surface area contributed by atoms with E-state index in [1.807, 2.05) is 0 Å². The van der Waals surface area contributed by atoms with E-state index in [4.69, 9.17) is 0 Å². The first-order chi connectivity index (χ1) is 8.47. The molecule has 0 aromatic carbocycles. The highest BCUT2D eigenvalue weighted by molar-refractivity contribution is 5.33. The van der Waals surface area contributed by atoms with Gasteiger partial charge in [-0.25, -0.2) is 0 Å². The summed E-state index contributed by atoms with van der Waals surface area (Å²) in [7, 11) is 0. The number of halogens is 3. The summed E-state index contributed by atoms with van der Waals surface area (Å²) in [4.78, 5) is 0. The van der Waals surface area contributed by atoms with Crippen LogP contribution in [0.15, 0.2) is 12.1 Å². The van der Waals surface area contributed by atoms with Crippen LogP contribution in [0.1, 0.15) is 25.0 Å². The molecule has 1 aromatic heterocycles. The molecule has 0 saturated heterocycles. The van der Waals surface area contributed by atoms with Gasteiger partial charge in [-0.05, 0) is 25.0 Å². The van der Waals surface area contributed by atoms with Crippen LogP contribution in [0, 0.1) is 5.92 Å². The van der Waals surface area contributed by atoms with Crippen LogP contribution in [0.25, 0.3) is 0 Å². The summed E-state index contributed by atoms with van der Waals surface area (Å²) >= 11 is 0. The number of aliphatic hydroxyl groups excluding tert-OH is 1. The molecule has 4 nitrogen and oxygen atoms in total. The van der Waals surface area contributed by atoms with Crippen LogP contribution < -0.4 is 5.32 Å². The van der Waals surface area contributed by atoms with E-state index in [0.717, 1.165) is 25.3 Å². The standard InChI is InChI=1S/C11H14F3N3O/c12-11(13,14)9-4-5-10(17-16-9)15-6-7-2-1-3-8(7)18/h4-5,7-8,18H,1-3,6H2,(H,15,17). The fraction of sp³-hybridized carbons (Fsp3) is 0.636. The largest absolute Gasteiger partial charge is 0.435 e. The SMILES string of the molecule is OC1CCCC1CNc1ccc(C(F)(F)F)nn1. The molecule has 2 atom stereocenters. The Kier molecular flexibility index (Phi) is 3.70. The number of alkyl halides is 3. The second-order valence-electron chi connectivity index (χ2n) is 4.44. The minimum atomic E-state index is -4.47. The number of aliphatic hydroxyl groups is 1. The molecule has 2 unspecified atom stereocenters. The third-order valence-corrected chi connectivity index (χ3v) is 3.12. The number of anilines is 1. The average molecular weight is 261 g/mol. The predicted octanol–water partition coefficient (Wildman–Crippen LogP) is 2.07. The highest BCUT2D eigenvalue weighted by Gasteiger charge is 2.33. The van der Waals surface area contributed by atoms with Gasteiger partial charge in [-0.2, -0.15) is 13.2 Å². The molecule has 7 heteroatoms. The van der Waals surface area contributed by atoms with Crippen LogP contribution in [0.2, 0.25) is 0 Å². The number of hydrogen-bond donors (Lipinski definition) is 2. The third kappa shape index (κ3) is 3.10. The van der Waals surface area contributed by atoms with Gasteiger partial charge in [0.1, 0.15) is 5.82 Å². The Hall–Kier alpha value is -1.37. The minimum absolute atomic E-state index is 0.133. The molecule has 2 N–H and O–H groups in total. The van der Waals surface area contributed by atoms with Crippen LogP contribution in [-0.2, 0) is 6.18 Å². The normalized spacial score (nSPS) is 24.2. The zero-order valence-corrected chi connectivity index (χ0v) is 9.61. The molecule has 0 bridgehead atoms. The molecule has 1 fully saturated rings. The van der Waals surface area contributed by atoms with E-state index in [2.05, 4.69) is 15.5 Å². The average Bonchev–Trinajstić information content (AvgIpc) is 2.72. The highest BCUT2D eigenvalue weighted by atomic mass is 19.4. The first-order valence-corrected chi connectivity index (χ1v) is 5.79. The lowest BCUT2D eigenvalue weighted by molar-refractivity contribution is -0.141. The Balaban J connectivity index is 1.90. The van der Waals surface area contributed by atoms with Gasteiger partial charge in [-0.1, -0.05) is 6.42 Å². The molecular weight excluding hydrogens is 247 g/mol. The Labute approximate surface area is 102 Å². The van der Waals surface area contributed by atoms with Gasteiger partial charge in [0.25, 0.3) is 0 Å². The second-order valence-corrected chi connectivity index (χ2v) is 4.44. The highest BCUT2D eigenvalue weighted by Crippen LogP contribution is 2.28. The van der Waals surface area contributed by atoms with Crippen molar-refractivity contribution in [2.75, 3.05) is 11.9 Å². The smallest absolute Gasteiger partial charge is 0.393 e. The summed E-state index contributed by atoms with van der Waals surface area (Å²) in [6.07, 6.45) is -2.12. The van der Waals surface area contributed by atoms with Gasteiger partial charge in [0.2, 0.25) is 0 Å². The molecule has 0 aliphatic heterocycles. The van der Waals surface area contributed by atoms with Crippen molar-refractivity contribution in [3.8, 4) is 0 Å². The molecule has 0 amide bonds. The third-order valence-electron chi connectivity index (χ3n) is 3.12. The first-order valence-electron chi connectivity index (χ1n) is 5.79. The van der Waals surface area contributed by atoms with Crippen LogP contribution in [0.5, 0.6) is 0 Å². The molecule has 18 heavy (non-hydrogen) atoms. The number of nitrogens with one attached hydrogen (secondary N) is 1. The predicted molar refractivity (Wildman–Crippen MR) is 58.9 cm³/mol. The molecular formula is C11H14F3N3O. The number of nitrogens with zero attached hydrogens (tertiary/aromatic N) is 2. The number of aromatic nitrogens is 2. The Morgan fingerprint density at radius 2 is 2.06 bits per heavy atom. The molecule has 1 saturated carbocycles. The van der Waals surface area contributed by atoms with E-state index in [1.54, 1.807) is 0 Å². The lowest BCUT2D eigenvalue weighted by atomic mass is 10.1. The maximum Gasteiger partial charge on any atom is 0.435 e. The summed E-state index contributed by atoms with van der Waals surface area (Å²) in [5.74, 6) is 0.427. The van der Waals surface area contributed by atoms with Crippen molar-refractivity contribution < 1.29 is 18.3 Å². The van der Waals surface area contributed by atoms with Crippen molar-refractivity contribution in [1.29, 1.82) is 0 Å². The molecule has 100 valence electrons. The van der Waals surface area contributed by atoms with Crippen LogP contribution in [0.4, 0.5) is 19.0 Å². The van der Waals surface area contributed by atoms with Crippen molar-refractivity contribution in [3.05, 3.63) is 17.8 Å². The minimum Gasteiger partial charge on any atom is -0.393 e. The Morgan fingerprint density at radius 3 is 2.56 bits per heavy atom. The zero-order chi connectivity index (χ0) is 13.2. The van der Waals surface area contributed by atoms with Crippen molar-refractivity contribution >= 4 is 5.82 Å². The van der Waals surface area contributed by atoms with Crippen LogP contribution in [-0.4, -0.2) is 28.0 Å². The summed E-state index contributed by atoms with van der Waals surface area (Å²) in [5, 5.41) is 19.1. The van der Waals surface area contributed by atoms with Crippen molar-refractivity contribution in [2.24, 2.45) is 5.92 Å². The van der Waals surface area contributed by atoms with Gasteiger partial charge < -0.3 is 10.4 Å². The summed E-state index contributed by atoms with van der Waals surface area (Å²) < 4.78 is 36.7. The van der Waals surface area contributed by atoms with E-state index < -0.39 is 11.9 Å². The maximum atomic E-state index is 12.2. The van der Waals surface area contributed by atoms with Crippen molar-refractivity contribution in [2.45, 2.75) is 31.5 Å².